The molecular formula is C32H27ClF5N7O2. The van der Waals surface area contributed by atoms with Gasteiger partial charge in [0.1, 0.15) is 23.9 Å². The first-order valence-electron chi connectivity index (χ1n) is 14.9. The Bertz CT molecular complexity index is 1970. The molecule has 0 saturated carbocycles. The maximum absolute atomic E-state index is 14.6. The quantitative estimate of drug-likeness (QED) is 0.172. The highest BCUT2D eigenvalue weighted by atomic mass is 35.5. The number of aromatic amines is 1. The summed E-state index contributed by atoms with van der Waals surface area (Å²) in [6.45, 7) is 2.91. The fourth-order valence-electron chi connectivity index (χ4n) is 5.58. The molecule has 2 aliphatic heterocycles. The lowest BCUT2D eigenvalue weighted by molar-refractivity contribution is -0.144. The number of hydrogen-bond donors (Lipinski definition) is 1. The molecule has 0 radical (unpaired) electrons. The van der Waals surface area contributed by atoms with E-state index in [9.17, 15) is 22.0 Å². The minimum absolute atomic E-state index is 0.0276. The van der Waals surface area contributed by atoms with Gasteiger partial charge in [0.2, 0.25) is 5.82 Å². The van der Waals surface area contributed by atoms with E-state index in [4.69, 9.17) is 26.1 Å². The van der Waals surface area contributed by atoms with Gasteiger partial charge in [-0.15, -0.1) is 0 Å². The molecule has 1 saturated heterocycles. The van der Waals surface area contributed by atoms with Crippen molar-refractivity contribution in [3.63, 3.8) is 0 Å². The summed E-state index contributed by atoms with van der Waals surface area (Å²) in [7, 11) is 0. The maximum Gasteiger partial charge on any atom is 0.451 e. The summed E-state index contributed by atoms with van der Waals surface area (Å²) in [5.41, 5.74) is 3.57. The van der Waals surface area contributed by atoms with Gasteiger partial charge >= 0.3 is 6.18 Å². The molecule has 0 amide bonds. The van der Waals surface area contributed by atoms with Crippen LogP contribution in [-0.2, 0) is 30.6 Å². The Kier molecular flexibility index (Phi) is 8.41. The monoisotopic (exact) mass is 671 g/mol. The summed E-state index contributed by atoms with van der Waals surface area (Å²) in [5.74, 6) is -1.64. The number of nitrogens with one attached hydrogen (secondary N) is 1. The largest absolute Gasteiger partial charge is 0.486 e. The Morgan fingerprint density at radius 1 is 1.06 bits per heavy atom. The minimum atomic E-state index is -4.65. The number of benzene rings is 2. The minimum Gasteiger partial charge on any atom is -0.486 e. The topological polar surface area (TPSA) is 94.0 Å². The van der Waals surface area contributed by atoms with Crippen molar-refractivity contribution >= 4 is 28.2 Å². The number of hydrogen-bond acceptors (Lipinski definition) is 7. The van der Waals surface area contributed by atoms with Crippen LogP contribution in [0.25, 0.3) is 28.1 Å². The summed E-state index contributed by atoms with van der Waals surface area (Å²) >= 11 is 5.82. The number of imidazole rings is 1. The Hall–Kier alpha value is -4.40. The van der Waals surface area contributed by atoms with E-state index in [1.54, 1.807) is 30.5 Å². The van der Waals surface area contributed by atoms with E-state index < -0.39 is 23.6 Å². The normalized spacial score (nSPS) is 17.1. The van der Waals surface area contributed by atoms with E-state index in [-0.39, 0.29) is 40.6 Å². The van der Waals surface area contributed by atoms with Gasteiger partial charge in [0.25, 0.3) is 0 Å². The van der Waals surface area contributed by atoms with Crippen LogP contribution >= 0.6 is 11.6 Å². The Morgan fingerprint density at radius 3 is 2.62 bits per heavy atom. The number of rotatable bonds is 9. The number of halogens is 6. The molecule has 0 spiro atoms. The molecule has 7 rings (SSSR count). The van der Waals surface area contributed by atoms with E-state index in [0.717, 1.165) is 28.9 Å². The highest BCUT2D eigenvalue weighted by molar-refractivity contribution is 6.30. The summed E-state index contributed by atoms with van der Waals surface area (Å²) < 4.78 is 81.3. The van der Waals surface area contributed by atoms with Crippen molar-refractivity contribution in [3.05, 3.63) is 94.2 Å². The van der Waals surface area contributed by atoms with Gasteiger partial charge in [-0.2, -0.15) is 18.3 Å². The molecule has 1 fully saturated rings. The molecule has 1 unspecified atom stereocenters. The summed E-state index contributed by atoms with van der Waals surface area (Å²) in [6.07, 6.45) is 0.625. The number of H-pyrrole nitrogens is 1. The SMILES string of the molecule is Fc1cc(Cl)ccc1COc1cc(C2=CCN(Cc3nc4cc(-c5n[nH]c(C(F)(F)F)n5)ncc4n3CC3CCO3)CC2)ccc1F. The van der Waals surface area contributed by atoms with Gasteiger partial charge in [0.15, 0.2) is 17.4 Å². The Morgan fingerprint density at radius 2 is 1.91 bits per heavy atom. The van der Waals surface area contributed by atoms with Crippen LogP contribution in [0.15, 0.2) is 54.7 Å². The number of ether oxygens (including phenoxy) is 2. The summed E-state index contributed by atoms with van der Waals surface area (Å²) in [5, 5.41) is 5.87. The van der Waals surface area contributed by atoms with Crippen molar-refractivity contribution in [2.24, 2.45) is 0 Å². The van der Waals surface area contributed by atoms with E-state index in [0.29, 0.717) is 44.7 Å². The van der Waals surface area contributed by atoms with Crippen LogP contribution in [0.4, 0.5) is 22.0 Å². The third-order valence-corrected chi connectivity index (χ3v) is 8.47. The smallest absolute Gasteiger partial charge is 0.451 e. The average molecular weight is 672 g/mol. The summed E-state index contributed by atoms with van der Waals surface area (Å²) in [4.78, 5) is 14.9. The second-order valence-electron chi connectivity index (χ2n) is 11.4. The molecule has 0 bridgehead atoms. The van der Waals surface area contributed by atoms with Crippen molar-refractivity contribution in [2.45, 2.75) is 44.8 Å². The molecule has 5 aromatic rings. The van der Waals surface area contributed by atoms with Crippen molar-refractivity contribution in [1.29, 1.82) is 0 Å². The lowest BCUT2D eigenvalue weighted by atomic mass is 9.99. The van der Waals surface area contributed by atoms with Crippen molar-refractivity contribution in [3.8, 4) is 17.3 Å². The van der Waals surface area contributed by atoms with Gasteiger partial charge in [-0.1, -0.05) is 29.8 Å². The molecule has 3 aromatic heterocycles. The number of alkyl halides is 3. The first-order valence-corrected chi connectivity index (χ1v) is 15.2. The summed E-state index contributed by atoms with van der Waals surface area (Å²) in [6, 6.07) is 10.5. The van der Waals surface area contributed by atoms with Crippen LogP contribution in [0.2, 0.25) is 5.02 Å². The maximum atomic E-state index is 14.6. The van der Waals surface area contributed by atoms with Gasteiger partial charge < -0.3 is 14.0 Å². The molecule has 2 aromatic carbocycles. The third-order valence-electron chi connectivity index (χ3n) is 8.23. The van der Waals surface area contributed by atoms with Crippen molar-refractivity contribution < 1.29 is 31.4 Å². The van der Waals surface area contributed by atoms with E-state index in [1.165, 1.54) is 18.2 Å². The van der Waals surface area contributed by atoms with E-state index >= 15 is 0 Å². The standard InChI is InChI=1S/C32H27ClF5N7O2/c33-21-3-1-20(24(35)12-21)17-47-28-11-19(2-4-23(28)34)18-5-8-44(9-6-18)16-29-40-25-13-26(30-41-31(43-42-30)32(36,37)38)39-14-27(25)45(29)15-22-7-10-46-22/h1-5,11-14,22H,6-10,15-17H2,(H,41,42,43). The molecule has 9 nitrogen and oxygen atoms in total. The molecule has 244 valence electrons. The highest BCUT2D eigenvalue weighted by Crippen LogP contribution is 2.31. The first kappa shape index (κ1) is 31.2. The molecule has 0 aliphatic carbocycles. The van der Waals surface area contributed by atoms with Crippen molar-refractivity contribution in [2.75, 3.05) is 19.7 Å². The lowest BCUT2D eigenvalue weighted by Gasteiger charge is -2.29. The third kappa shape index (κ3) is 6.71. The molecule has 5 heterocycles. The van der Waals surface area contributed by atoms with Crippen LogP contribution in [0.5, 0.6) is 5.75 Å². The lowest BCUT2D eigenvalue weighted by Crippen LogP contribution is -2.33. The predicted molar refractivity (Wildman–Crippen MR) is 162 cm³/mol. The number of fused-ring (bicyclic) bond motifs is 1. The average Bonchev–Trinajstić information content (AvgIpc) is 3.65. The first-order chi connectivity index (χ1) is 22.6. The highest BCUT2D eigenvalue weighted by Gasteiger charge is 2.35. The Labute approximate surface area is 270 Å². The second kappa shape index (κ2) is 12.7. The van der Waals surface area contributed by atoms with Crippen LogP contribution in [-0.4, -0.2) is 60.4 Å². The zero-order chi connectivity index (χ0) is 32.7. The number of pyridine rings is 1. The van der Waals surface area contributed by atoms with Crippen LogP contribution in [0.3, 0.4) is 0 Å². The van der Waals surface area contributed by atoms with Crippen molar-refractivity contribution in [1.82, 2.24) is 34.6 Å². The Balaban J connectivity index is 1.08. The zero-order valence-corrected chi connectivity index (χ0v) is 25.5. The van der Waals surface area contributed by atoms with E-state index in [1.807, 2.05) is 9.67 Å². The van der Waals surface area contributed by atoms with Crippen LogP contribution in [0, 0.1) is 11.6 Å². The second-order valence-corrected chi connectivity index (χ2v) is 11.8. The number of aromatic nitrogens is 6. The van der Waals surface area contributed by atoms with E-state index in [2.05, 4.69) is 26.0 Å². The van der Waals surface area contributed by atoms with Crippen LogP contribution < -0.4 is 4.74 Å². The zero-order valence-electron chi connectivity index (χ0n) is 24.7. The fourth-order valence-corrected chi connectivity index (χ4v) is 5.74. The van der Waals surface area contributed by atoms with Gasteiger partial charge in [-0.25, -0.2) is 18.7 Å². The fraction of sp³-hybridized carbons (Fsp3) is 0.312. The molecule has 1 atom stereocenters. The molecule has 47 heavy (non-hydrogen) atoms. The van der Waals surface area contributed by atoms with Gasteiger partial charge in [-0.05, 0) is 54.3 Å². The van der Waals surface area contributed by atoms with Crippen LogP contribution in [0.1, 0.15) is 35.6 Å². The molecular weight excluding hydrogens is 645 g/mol. The molecule has 2 aliphatic rings. The predicted octanol–water partition coefficient (Wildman–Crippen LogP) is 6.82. The van der Waals surface area contributed by atoms with Gasteiger partial charge in [-0.3, -0.25) is 15.0 Å². The van der Waals surface area contributed by atoms with Gasteiger partial charge in [0.05, 0.1) is 36.4 Å². The molecule has 15 heteroatoms. The number of nitrogens with zero attached hydrogens (tertiary/aromatic N) is 6. The van der Waals surface area contributed by atoms with Gasteiger partial charge in [0, 0.05) is 30.3 Å². The molecule has 1 N–H and O–H groups in total.